The standard InChI is InChI=1S/C19H22F2N2O3S/c1-15-4-2-3-5-18(15)26-13-12-22-8-10-23(11-9-22)27(24,25)19-14-16(20)6-7-17(19)21/h2-7,14H,8-13H2,1H3. The quantitative estimate of drug-likeness (QED) is 0.753. The molecule has 27 heavy (non-hydrogen) atoms. The maximum atomic E-state index is 13.9. The molecule has 1 aliphatic rings. The van der Waals surface area contributed by atoms with Crippen molar-refractivity contribution in [1.29, 1.82) is 0 Å². The Morgan fingerprint density at radius 3 is 2.44 bits per heavy atom. The largest absolute Gasteiger partial charge is 0.492 e. The molecule has 0 aromatic heterocycles. The number of ether oxygens (including phenoxy) is 1. The zero-order chi connectivity index (χ0) is 19.4. The first-order valence-electron chi connectivity index (χ1n) is 8.74. The van der Waals surface area contributed by atoms with Crippen molar-refractivity contribution in [3.63, 3.8) is 0 Å². The van der Waals surface area contributed by atoms with E-state index in [0.717, 1.165) is 29.5 Å². The van der Waals surface area contributed by atoms with Crippen molar-refractivity contribution >= 4 is 10.0 Å². The molecule has 2 aromatic carbocycles. The van der Waals surface area contributed by atoms with Crippen LogP contribution in [0.2, 0.25) is 0 Å². The highest BCUT2D eigenvalue weighted by atomic mass is 32.2. The normalized spacial score (nSPS) is 16.4. The molecule has 0 radical (unpaired) electrons. The summed E-state index contributed by atoms with van der Waals surface area (Å²) in [6.07, 6.45) is 0. The molecule has 1 fully saturated rings. The minimum atomic E-state index is -4.05. The Balaban J connectivity index is 1.54. The number of aryl methyl sites for hydroxylation is 1. The molecule has 0 unspecified atom stereocenters. The van der Waals surface area contributed by atoms with Crippen molar-refractivity contribution < 1.29 is 21.9 Å². The Hall–Kier alpha value is -2.03. The molecule has 1 saturated heterocycles. The SMILES string of the molecule is Cc1ccccc1OCCN1CCN(S(=O)(=O)c2cc(F)ccc2F)CC1. The fourth-order valence-electron chi connectivity index (χ4n) is 3.01. The zero-order valence-corrected chi connectivity index (χ0v) is 15.9. The topological polar surface area (TPSA) is 49.9 Å². The molecule has 0 N–H and O–H groups in total. The van der Waals surface area contributed by atoms with E-state index in [1.165, 1.54) is 4.31 Å². The molecule has 0 amide bonds. The first-order valence-corrected chi connectivity index (χ1v) is 10.2. The lowest BCUT2D eigenvalue weighted by Gasteiger charge is -2.33. The Morgan fingerprint density at radius 1 is 1.04 bits per heavy atom. The van der Waals surface area contributed by atoms with Gasteiger partial charge in [-0.15, -0.1) is 0 Å². The predicted octanol–water partition coefficient (Wildman–Crippen LogP) is 2.66. The van der Waals surface area contributed by atoms with Crippen LogP contribution in [0.1, 0.15) is 5.56 Å². The van der Waals surface area contributed by atoms with Gasteiger partial charge in [-0.1, -0.05) is 18.2 Å². The van der Waals surface area contributed by atoms with Gasteiger partial charge in [0, 0.05) is 32.7 Å². The van der Waals surface area contributed by atoms with Crippen LogP contribution in [0.5, 0.6) is 5.75 Å². The van der Waals surface area contributed by atoms with E-state index in [-0.39, 0.29) is 13.1 Å². The maximum absolute atomic E-state index is 13.9. The summed E-state index contributed by atoms with van der Waals surface area (Å²) in [7, 11) is -4.05. The molecular weight excluding hydrogens is 374 g/mol. The van der Waals surface area contributed by atoms with E-state index < -0.39 is 26.6 Å². The first kappa shape index (κ1) is 19.7. The molecule has 5 nitrogen and oxygen atoms in total. The Bertz CT molecular complexity index is 898. The minimum absolute atomic E-state index is 0.225. The monoisotopic (exact) mass is 396 g/mol. The van der Waals surface area contributed by atoms with Crippen molar-refractivity contribution in [2.24, 2.45) is 0 Å². The summed E-state index contributed by atoms with van der Waals surface area (Å²) in [6, 6.07) is 10.2. The second-order valence-corrected chi connectivity index (χ2v) is 8.34. The average molecular weight is 396 g/mol. The van der Waals surface area contributed by atoms with Gasteiger partial charge in [0.25, 0.3) is 0 Å². The van der Waals surface area contributed by atoms with Gasteiger partial charge in [0.15, 0.2) is 0 Å². The Kier molecular flexibility index (Phi) is 6.08. The number of sulfonamides is 1. The summed E-state index contributed by atoms with van der Waals surface area (Å²) in [5, 5.41) is 0. The van der Waals surface area contributed by atoms with E-state index in [4.69, 9.17) is 4.74 Å². The molecule has 0 aliphatic carbocycles. The molecule has 1 aliphatic heterocycles. The lowest BCUT2D eigenvalue weighted by Crippen LogP contribution is -2.49. The van der Waals surface area contributed by atoms with E-state index >= 15 is 0 Å². The van der Waals surface area contributed by atoms with E-state index in [0.29, 0.717) is 26.2 Å². The number of hydrogen-bond donors (Lipinski definition) is 0. The third kappa shape index (κ3) is 4.63. The summed E-state index contributed by atoms with van der Waals surface area (Å²) < 4.78 is 59.3. The number of nitrogens with zero attached hydrogens (tertiary/aromatic N) is 2. The lowest BCUT2D eigenvalue weighted by atomic mass is 10.2. The van der Waals surface area contributed by atoms with Gasteiger partial charge in [0.1, 0.15) is 28.9 Å². The van der Waals surface area contributed by atoms with Crippen molar-refractivity contribution in [2.45, 2.75) is 11.8 Å². The van der Waals surface area contributed by atoms with Crippen molar-refractivity contribution in [1.82, 2.24) is 9.21 Å². The molecule has 2 aromatic rings. The van der Waals surface area contributed by atoms with Crippen molar-refractivity contribution in [2.75, 3.05) is 39.3 Å². The number of benzene rings is 2. The van der Waals surface area contributed by atoms with Gasteiger partial charge in [-0.3, -0.25) is 4.90 Å². The van der Waals surface area contributed by atoms with E-state index in [1.807, 2.05) is 31.2 Å². The van der Waals surface area contributed by atoms with Gasteiger partial charge in [-0.05, 0) is 36.8 Å². The third-order valence-electron chi connectivity index (χ3n) is 4.60. The number of para-hydroxylation sites is 1. The molecule has 0 spiro atoms. The van der Waals surface area contributed by atoms with E-state index in [1.54, 1.807) is 0 Å². The molecule has 146 valence electrons. The highest BCUT2D eigenvalue weighted by Crippen LogP contribution is 2.22. The van der Waals surface area contributed by atoms with Crippen LogP contribution in [0.15, 0.2) is 47.4 Å². The zero-order valence-electron chi connectivity index (χ0n) is 15.1. The third-order valence-corrected chi connectivity index (χ3v) is 6.51. The summed E-state index contributed by atoms with van der Waals surface area (Å²) >= 11 is 0. The molecular formula is C19H22F2N2O3S. The van der Waals surface area contributed by atoms with Gasteiger partial charge < -0.3 is 4.74 Å². The van der Waals surface area contributed by atoms with E-state index in [9.17, 15) is 17.2 Å². The fraction of sp³-hybridized carbons (Fsp3) is 0.368. The lowest BCUT2D eigenvalue weighted by molar-refractivity contribution is 0.158. The predicted molar refractivity (Wildman–Crippen MR) is 98.2 cm³/mol. The smallest absolute Gasteiger partial charge is 0.246 e. The number of hydrogen-bond acceptors (Lipinski definition) is 4. The second-order valence-electron chi connectivity index (χ2n) is 6.43. The van der Waals surface area contributed by atoms with Gasteiger partial charge in [0.05, 0.1) is 0 Å². The first-order chi connectivity index (χ1) is 12.9. The van der Waals surface area contributed by atoms with Gasteiger partial charge in [-0.2, -0.15) is 4.31 Å². The fourth-order valence-corrected chi connectivity index (χ4v) is 4.51. The van der Waals surface area contributed by atoms with Gasteiger partial charge >= 0.3 is 0 Å². The Labute approximate surface area is 158 Å². The van der Waals surface area contributed by atoms with Crippen molar-refractivity contribution in [3.8, 4) is 5.75 Å². The molecule has 0 atom stereocenters. The summed E-state index contributed by atoms with van der Waals surface area (Å²) in [4.78, 5) is 1.48. The molecule has 3 rings (SSSR count). The summed E-state index contributed by atoms with van der Waals surface area (Å²) in [6.45, 7) is 4.60. The van der Waals surface area contributed by atoms with Crippen LogP contribution in [0.25, 0.3) is 0 Å². The van der Waals surface area contributed by atoms with Crippen LogP contribution >= 0.6 is 0 Å². The molecule has 0 saturated carbocycles. The summed E-state index contributed by atoms with van der Waals surface area (Å²) in [5.74, 6) is -0.882. The van der Waals surface area contributed by atoms with Crippen LogP contribution in [0.3, 0.4) is 0 Å². The maximum Gasteiger partial charge on any atom is 0.246 e. The molecule has 8 heteroatoms. The summed E-state index contributed by atoms with van der Waals surface area (Å²) in [5.41, 5.74) is 1.06. The van der Waals surface area contributed by atoms with Gasteiger partial charge in [-0.25, -0.2) is 17.2 Å². The van der Waals surface area contributed by atoms with Crippen LogP contribution in [0, 0.1) is 18.6 Å². The second kappa shape index (κ2) is 8.33. The average Bonchev–Trinajstić information content (AvgIpc) is 2.65. The highest BCUT2D eigenvalue weighted by Gasteiger charge is 2.30. The molecule has 1 heterocycles. The highest BCUT2D eigenvalue weighted by molar-refractivity contribution is 7.89. The minimum Gasteiger partial charge on any atom is -0.492 e. The van der Waals surface area contributed by atoms with Gasteiger partial charge in [0.2, 0.25) is 10.0 Å². The van der Waals surface area contributed by atoms with Crippen LogP contribution in [0.4, 0.5) is 8.78 Å². The molecule has 0 bridgehead atoms. The van der Waals surface area contributed by atoms with Crippen LogP contribution in [-0.4, -0.2) is 57.0 Å². The number of halogens is 2. The van der Waals surface area contributed by atoms with Crippen LogP contribution in [-0.2, 0) is 10.0 Å². The Morgan fingerprint density at radius 2 is 1.74 bits per heavy atom. The van der Waals surface area contributed by atoms with Crippen LogP contribution < -0.4 is 4.74 Å². The van der Waals surface area contributed by atoms with E-state index in [2.05, 4.69) is 4.90 Å². The number of piperazine rings is 1. The number of rotatable bonds is 6. The van der Waals surface area contributed by atoms with Crippen molar-refractivity contribution in [3.05, 3.63) is 59.7 Å².